The number of carbonyl (C=O) groups excluding carboxylic acids is 1. The normalized spacial score (nSPS) is 14.1. The second-order valence-corrected chi connectivity index (χ2v) is 6.69. The topological polar surface area (TPSA) is 110 Å². The highest BCUT2D eigenvalue weighted by atomic mass is 16.6. The number of para-hydroxylation sites is 1. The van der Waals surface area contributed by atoms with E-state index in [1.165, 1.54) is 12.1 Å². The van der Waals surface area contributed by atoms with Crippen molar-refractivity contribution in [3.05, 3.63) is 70.3 Å². The Morgan fingerprint density at radius 3 is 2.34 bits per heavy atom. The van der Waals surface area contributed by atoms with Crippen LogP contribution in [0, 0.1) is 10.1 Å². The van der Waals surface area contributed by atoms with Crippen LogP contribution in [0.1, 0.15) is 5.56 Å². The monoisotopic (exact) mass is 393 g/mol. The third-order valence-electron chi connectivity index (χ3n) is 4.87. The first-order valence-corrected chi connectivity index (χ1v) is 9.21. The summed E-state index contributed by atoms with van der Waals surface area (Å²) in [7, 11) is 0. The molecular weight excluding hydrogens is 374 g/mol. The maximum atomic E-state index is 12.6. The Morgan fingerprint density at radius 2 is 1.69 bits per heavy atom. The number of tetrazole rings is 1. The number of nitro groups is 1. The second kappa shape index (κ2) is 8.05. The van der Waals surface area contributed by atoms with E-state index >= 15 is 0 Å². The summed E-state index contributed by atoms with van der Waals surface area (Å²) in [6.45, 7) is 2.37. The minimum absolute atomic E-state index is 0.00107. The lowest BCUT2D eigenvalue weighted by Crippen LogP contribution is -2.50. The lowest BCUT2D eigenvalue weighted by Gasteiger charge is -2.34. The zero-order valence-electron chi connectivity index (χ0n) is 15.6. The predicted octanol–water partition coefficient (Wildman–Crippen LogP) is 1.46. The van der Waals surface area contributed by atoms with Crippen molar-refractivity contribution >= 4 is 17.5 Å². The largest absolute Gasteiger partial charge is 0.339 e. The fourth-order valence-corrected chi connectivity index (χ4v) is 3.29. The van der Waals surface area contributed by atoms with Gasteiger partial charge in [-0.25, -0.2) is 0 Å². The third-order valence-corrected chi connectivity index (χ3v) is 4.87. The summed E-state index contributed by atoms with van der Waals surface area (Å²) in [5, 5.41) is 22.8. The van der Waals surface area contributed by atoms with E-state index in [4.69, 9.17) is 0 Å². The zero-order chi connectivity index (χ0) is 20.2. The van der Waals surface area contributed by atoms with Gasteiger partial charge >= 0.3 is 0 Å². The van der Waals surface area contributed by atoms with E-state index in [1.54, 1.807) is 21.7 Å². The molecule has 0 saturated carbocycles. The Morgan fingerprint density at radius 1 is 1.00 bits per heavy atom. The number of rotatable bonds is 5. The van der Waals surface area contributed by atoms with Crippen LogP contribution in [0.15, 0.2) is 54.6 Å². The number of hydrogen-bond acceptors (Lipinski definition) is 7. The summed E-state index contributed by atoms with van der Waals surface area (Å²) in [4.78, 5) is 26.7. The van der Waals surface area contributed by atoms with Crippen molar-refractivity contribution in [2.24, 2.45) is 0 Å². The molecule has 0 N–H and O–H groups in total. The number of hydrogen-bond donors (Lipinski definition) is 0. The van der Waals surface area contributed by atoms with Crippen molar-refractivity contribution in [1.29, 1.82) is 0 Å². The molecular formula is C19H19N7O3. The van der Waals surface area contributed by atoms with Gasteiger partial charge in [0.25, 0.3) is 5.69 Å². The van der Waals surface area contributed by atoms with Crippen molar-refractivity contribution in [2.75, 3.05) is 31.1 Å². The Hall–Kier alpha value is -3.82. The molecule has 0 spiro atoms. The molecule has 4 rings (SSSR count). The van der Waals surface area contributed by atoms with Crippen molar-refractivity contribution < 1.29 is 9.72 Å². The molecule has 1 aliphatic heterocycles. The lowest BCUT2D eigenvalue weighted by molar-refractivity contribution is -0.384. The zero-order valence-corrected chi connectivity index (χ0v) is 15.6. The molecule has 2 heterocycles. The van der Waals surface area contributed by atoms with Crippen LogP contribution in [0.3, 0.4) is 0 Å². The summed E-state index contributed by atoms with van der Waals surface area (Å²) in [6.07, 6.45) is 0.222. The van der Waals surface area contributed by atoms with Crippen LogP contribution in [0.2, 0.25) is 0 Å². The van der Waals surface area contributed by atoms with Crippen LogP contribution in [0.25, 0.3) is 5.69 Å². The summed E-state index contributed by atoms with van der Waals surface area (Å²) in [6, 6.07) is 15.7. The van der Waals surface area contributed by atoms with E-state index in [0.717, 1.165) is 11.3 Å². The summed E-state index contributed by atoms with van der Waals surface area (Å²) in [5.41, 5.74) is 1.66. The second-order valence-electron chi connectivity index (χ2n) is 6.69. The SMILES string of the molecule is O=C(Cc1ccc([N+](=O)[O-])cc1)N1CCN(c2nnnn2-c2ccccc2)CC1. The van der Waals surface area contributed by atoms with Gasteiger partial charge in [0.15, 0.2) is 0 Å². The van der Waals surface area contributed by atoms with Gasteiger partial charge < -0.3 is 9.80 Å². The van der Waals surface area contributed by atoms with Gasteiger partial charge in [-0.3, -0.25) is 14.9 Å². The average molecular weight is 393 g/mol. The van der Waals surface area contributed by atoms with Crippen molar-refractivity contribution in [3.8, 4) is 5.69 Å². The Balaban J connectivity index is 1.37. The number of nitrogens with zero attached hydrogens (tertiary/aromatic N) is 7. The number of amides is 1. The Kier molecular flexibility index (Phi) is 5.14. The quantitative estimate of drug-likeness (QED) is 0.477. The fourth-order valence-electron chi connectivity index (χ4n) is 3.29. The molecule has 2 aromatic carbocycles. The number of nitro benzene ring substituents is 1. The summed E-state index contributed by atoms with van der Waals surface area (Å²) >= 11 is 0. The number of piperazine rings is 1. The molecule has 1 fully saturated rings. The van der Waals surface area contributed by atoms with E-state index in [2.05, 4.69) is 20.4 Å². The molecule has 148 valence electrons. The van der Waals surface area contributed by atoms with Crippen molar-refractivity contribution in [2.45, 2.75) is 6.42 Å². The van der Waals surface area contributed by atoms with E-state index in [-0.39, 0.29) is 18.0 Å². The molecule has 1 aliphatic rings. The third kappa shape index (κ3) is 4.05. The molecule has 0 aliphatic carbocycles. The molecule has 0 atom stereocenters. The molecule has 10 heteroatoms. The highest BCUT2D eigenvalue weighted by Gasteiger charge is 2.25. The van der Waals surface area contributed by atoms with Gasteiger partial charge in [0.2, 0.25) is 11.9 Å². The number of benzene rings is 2. The fraction of sp³-hybridized carbons (Fsp3) is 0.263. The van der Waals surface area contributed by atoms with Gasteiger partial charge in [0, 0.05) is 38.3 Å². The van der Waals surface area contributed by atoms with Gasteiger partial charge in [0.05, 0.1) is 17.0 Å². The standard InChI is InChI=1S/C19H19N7O3/c27-18(14-15-6-8-17(9-7-15)26(28)29)23-10-12-24(13-11-23)19-20-21-22-25(19)16-4-2-1-3-5-16/h1-9H,10-14H2. The maximum absolute atomic E-state index is 12.6. The van der Waals surface area contributed by atoms with Crippen LogP contribution >= 0.6 is 0 Å². The van der Waals surface area contributed by atoms with Gasteiger partial charge in [-0.05, 0) is 28.1 Å². The Labute approximate surface area is 166 Å². The molecule has 3 aromatic rings. The minimum atomic E-state index is -0.451. The van der Waals surface area contributed by atoms with Crippen LogP contribution in [-0.4, -0.2) is 62.1 Å². The highest BCUT2D eigenvalue weighted by Crippen LogP contribution is 2.18. The molecule has 0 radical (unpaired) electrons. The van der Waals surface area contributed by atoms with E-state index in [9.17, 15) is 14.9 Å². The average Bonchev–Trinajstić information content (AvgIpc) is 3.25. The van der Waals surface area contributed by atoms with Gasteiger partial charge in [-0.15, -0.1) is 0 Å². The van der Waals surface area contributed by atoms with E-state index in [0.29, 0.717) is 32.1 Å². The first-order chi connectivity index (χ1) is 14.1. The minimum Gasteiger partial charge on any atom is -0.339 e. The first kappa shape index (κ1) is 18.5. The van der Waals surface area contributed by atoms with E-state index in [1.807, 2.05) is 30.3 Å². The van der Waals surface area contributed by atoms with Crippen LogP contribution in [-0.2, 0) is 11.2 Å². The van der Waals surface area contributed by atoms with E-state index < -0.39 is 4.92 Å². The molecule has 1 amide bonds. The number of carbonyl (C=O) groups is 1. The van der Waals surface area contributed by atoms with Gasteiger partial charge in [-0.2, -0.15) is 4.68 Å². The lowest BCUT2D eigenvalue weighted by atomic mass is 10.1. The van der Waals surface area contributed by atoms with Gasteiger partial charge in [-0.1, -0.05) is 35.4 Å². The molecule has 0 bridgehead atoms. The molecule has 0 unspecified atom stereocenters. The van der Waals surface area contributed by atoms with Crippen molar-refractivity contribution in [3.63, 3.8) is 0 Å². The van der Waals surface area contributed by atoms with Gasteiger partial charge in [0.1, 0.15) is 0 Å². The van der Waals surface area contributed by atoms with Crippen LogP contribution in [0.5, 0.6) is 0 Å². The molecule has 10 nitrogen and oxygen atoms in total. The number of aromatic nitrogens is 4. The van der Waals surface area contributed by atoms with Crippen molar-refractivity contribution in [1.82, 2.24) is 25.1 Å². The van der Waals surface area contributed by atoms with Crippen LogP contribution in [0.4, 0.5) is 11.6 Å². The number of non-ortho nitro benzene ring substituents is 1. The Bertz CT molecular complexity index is 996. The first-order valence-electron chi connectivity index (χ1n) is 9.21. The highest BCUT2D eigenvalue weighted by molar-refractivity contribution is 5.79. The van der Waals surface area contributed by atoms with Crippen LogP contribution < -0.4 is 4.90 Å². The smallest absolute Gasteiger partial charge is 0.269 e. The molecule has 1 saturated heterocycles. The molecule has 1 aromatic heterocycles. The predicted molar refractivity (Wildman–Crippen MR) is 105 cm³/mol. The maximum Gasteiger partial charge on any atom is 0.269 e. The summed E-state index contributed by atoms with van der Waals surface area (Å²) in [5.74, 6) is 0.653. The number of anilines is 1. The molecule has 29 heavy (non-hydrogen) atoms. The summed E-state index contributed by atoms with van der Waals surface area (Å²) < 4.78 is 1.69.